The molecule has 90 valence electrons. The lowest BCUT2D eigenvalue weighted by Gasteiger charge is -2.27. The third-order valence-corrected chi connectivity index (χ3v) is 3.95. The number of nitrogens with zero attached hydrogens (tertiary/aromatic N) is 2. The van der Waals surface area contributed by atoms with Crippen molar-refractivity contribution in [3.63, 3.8) is 0 Å². The van der Waals surface area contributed by atoms with Crippen molar-refractivity contribution in [2.75, 3.05) is 45.5 Å². The van der Waals surface area contributed by atoms with Crippen LogP contribution in [0.15, 0.2) is 0 Å². The maximum Gasteiger partial charge on any atom is 0.0109 e. The quantitative estimate of drug-likeness (QED) is 0.736. The number of likely N-dealkylation sites (N-methyl/N-ethyl adjacent to an activating group) is 1. The molecule has 3 heteroatoms. The molecule has 0 saturated carbocycles. The number of rotatable bonds is 4. The smallest absolute Gasteiger partial charge is 0.0109 e. The van der Waals surface area contributed by atoms with Crippen LogP contribution in [0.1, 0.15) is 20.3 Å². The van der Waals surface area contributed by atoms with Gasteiger partial charge in [-0.2, -0.15) is 12.6 Å². The van der Waals surface area contributed by atoms with E-state index < -0.39 is 0 Å². The van der Waals surface area contributed by atoms with Gasteiger partial charge in [0.25, 0.3) is 0 Å². The molecule has 0 aromatic rings. The van der Waals surface area contributed by atoms with E-state index in [9.17, 15) is 0 Å². The zero-order chi connectivity index (χ0) is 11.3. The lowest BCUT2D eigenvalue weighted by molar-refractivity contribution is 0.219. The first kappa shape index (κ1) is 13.3. The van der Waals surface area contributed by atoms with E-state index in [1.54, 1.807) is 0 Å². The van der Waals surface area contributed by atoms with E-state index in [0.717, 1.165) is 17.6 Å². The lowest BCUT2D eigenvalue weighted by Crippen LogP contribution is -2.35. The van der Waals surface area contributed by atoms with E-state index in [2.05, 4.69) is 43.3 Å². The van der Waals surface area contributed by atoms with Gasteiger partial charge in [-0.05, 0) is 44.1 Å². The summed E-state index contributed by atoms with van der Waals surface area (Å²) in [5.41, 5.74) is 0. The lowest BCUT2D eigenvalue weighted by atomic mass is 9.97. The summed E-state index contributed by atoms with van der Waals surface area (Å²) in [5, 5.41) is 0. The Morgan fingerprint density at radius 1 is 1.13 bits per heavy atom. The van der Waals surface area contributed by atoms with E-state index in [1.165, 1.54) is 39.1 Å². The summed E-state index contributed by atoms with van der Waals surface area (Å²) in [7, 11) is 2.22. The van der Waals surface area contributed by atoms with E-state index in [1.807, 2.05) is 0 Å². The third kappa shape index (κ3) is 4.75. The highest BCUT2D eigenvalue weighted by atomic mass is 32.1. The predicted molar refractivity (Wildman–Crippen MR) is 70.7 cm³/mol. The maximum atomic E-state index is 4.46. The molecule has 1 fully saturated rings. The van der Waals surface area contributed by atoms with Crippen LogP contribution in [0.3, 0.4) is 0 Å². The van der Waals surface area contributed by atoms with Gasteiger partial charge in [-0.1, -0.05) is 13.8 Å². The van der Waals surface area contributed by atoms with Crippen LogP contribution in [0.4, 0.5) is 0 Å². The van der Waals surface area contributed by atoms with E-state index in [0.29, 0.717) is 0 Å². The molecule has 0 N–H and O–H groups in total. The average Bonchev–Trinajstić information content (AvgIpc) is 2.39. The van der Waals surface area contributed by atoms with Crippen LogP contribution >= 0.6 is 12.6 Å². The minimum absolute atomic E-state index is 0.747. The molecule has 1 unspecified atom stereocenters. The first-order valence-electron chi connectivity index (χ1n) is 6.15. The average molecular weight is 230 g/mol. The highest BCUT2D eigenvalue weighted by molar-refractivity contribution is 7.80. The summed E-state index contributed by atoms with van der Waals surface area (Å²) < 4.78 is 0. The predicted octanol–water partition coefficient (Wildman–Crippen LogP) is 1.83. The fourth-order valence-corrected chi connectivity index (χ4v) is 2.63. The summed E-state index contributed by atoms with van der Waals surface area (Å²) in [6.07, 6.45) is 1.31. The standard InChI is InChI=1S/C12H26N2S/c1-11(2)12(10-15)9-14-6-4-5-13(3)7-8-14/h11-12,15H,4-10H2,1-3H3. The molecule has 0 amide bonds. The minimum atomic E-state index is 0.747. The maximum absolute atomic E-state index is 4.46. The molecule has 0 aliphatic carbocycles. The zero-order valence-corrected chi connectivity index (χ0v) is 11.3. The third-order valence-electron chi connectivity index (χ3n) is 3.48. The number of thiol groups is 1. The van der Waals surface area contributed by atoms with Crippen molar-refractivity contribution < 1.29 is 0 Å². The second kappa shape index (κ2) is 6.77. The van der Waals surface area contributed by atoms with E-state index in [-0.39, 0.29) is 0 Å². The molecule has 0 aromatic heterocycles. The number of hydrogen-bond donors (Lipinski definition) is 1. The summed E-state index contributed by atoms with van der Waals surface area (Å²) in [5.74, 6) is 2.52. The summed E-state index contributed by atoms with van der Waals surface area (Å²) in [6.45, 7) is 10.8. The second-order valence-corrected chi connectivity index (χ2v) is 5.51. The van der Waals surface area contributed by atoms with E-state index in [4.69, 9.17) is 0 Å². The van der Waals surface area contributed by atoms with Crippen molar-refractivity contribution >= 4 is 12.6 Å². The molecule has 0 aromatic carbocycles. The Hall–Kier alpha value is 0.270. The fraction of sp³-hybridized carbons (Fsp3) is 1.00. The molecular formula is C12H26N2S. The van der Waals surface area contributed by atoms with Crippen LogP contribution in [0.2, 0.25) is 0 Å². The van der Waals surface area contributed by atoms with Gasteiger partial charge in [0.05, 0.1) is 0 Å². The van der Waals surface area contributed by atoms with Crippen LogP contribution in [0, 0.1) is 11.8 Å². The van der Waals surface area contributed by atoms with Gasteiger partial charge in [0, 0.05) is 19.6 Å². The van der Waals surface area contributed by atoms with Gasteiger partial charge >= 0.3 is 0 Å². The summed E-state index contributed by atoms with van der Waals surface area (Å²) in [6, 6.07) is 0. The molecule has 1 saturated heterocycles. The van der Waals surface area contributed by atoms with Gasteiger partial charge < -0.3 is 9.80 Å². The first-order valence-corrected chi connectivity index (χ1v) is 6.78. The molecule has 0 bridgehead atoms. The Labute approximate surface area is 100 Å². The van der Waals surface area contributed by atoms with Crippen molar-refractivity contribution in [2.24, 2.45) is 11.8 Å². The largest absolute Gasteiger partial charge is 0.305 e. The molecule has 1 aliphatic rings. The Kier molecular flexibility index (Phi) is 6.02. The van der Waals surface area contributed by atoms with Crippen LogP contribution in [-0.2, 0) is 0 Å². The summed E-state index contributed by atoms with van der Waals surface area (Å²) >= 11 is 4.46. The highest BCUT2D eigenvalue weighted by Crippen LogP contribution is 2.15. The molecule has 15 heavy (non-hydrogen) atoms. The van der Waals surface area contributed by atoms with Crippen molar-refractivity contribution in [3.8, 4) is 0 Å². The molecule has 1 heterocycles. The minimum Gasteiger partial charge on any atom is -0.305 e. The molecule has 1 rings (SSSR count). The topological polar surface area (TPSA) is 6.48 Å². The van der Waals surface area contributed by atoms with Crippen molar-refractivity contribution in [3.05, 3.63) is 0 Å². The molecular weight excluding hydrogens is 204 g/mol. The second-order valence-electron chi connectivity index (χ2n) is 5.14. The summed E-state index contributed by atoms with van der Waals surface area (Å²) in [4.78, 5) is 5.05. The van der Waals surface area contributed by atoms with Crippen LogP contribution < -0.4 is 0 Å². The van der Waals surface area contributed by atoms with Gasteiger partial charge in [-0.15, -0.1) is 0 Å². The molecule has 0 spiro atoms. The zero-order valence-electron chi connectivity index (χ0n) is 10.4. The van der Waals surface area contributed by atoms with Crippen molar-refractivity contribution in [1.82, 2.24) is 9.80 Å². The molecule has 1 aliphatic heterocycles. The highest BCUT2D eigenvalue weighted by Gasteiger charge is 2.18. The van der Waals surface area contributed by atoms with Gasteiger partial charge in [-0.25, -0.2) is 0 Å². The Bertz CT molecular complexity index is 173. The molecule has 0 radical (unpaired) electrons. The Morgan fingerprint density at radius 2 is 1.87 bits per heavy atom. The molecule has 2 nitrogen and oxygen atoms in total. The van der Waals surface area contributed by atoms with Gasteiger partial charge in [0.15, 0.2) is 0 Å². The normalized spacial score (nSPS) is 23.0. The fourth-order valence-electron chi connectivity index (χ4n) is 2.09. The van der Waals surface area contributed by atoms with Crippen LogP contribution in [0.25, 0.3) is 0 Å². The molecule has 1 atom stereocenters. The van der Waals surface area contributed by atoms with Crippen molar-refractivity contribution in [2.45, 2.75) is 20.3 Å². The SMILES string of the molecule is CC(C)C(CS)CN1CCCN(C)CC1. The Balaban J connectivity index is 2.36. The van der Waals surface area contributed by atoms with E-state index >= 15 is 0 Å². The monoisotopic (exact) mass is 230 g/mol. The van der Waals surface area contributed by atoms with Crippen molar-refractivity contribution in [1.29, 1.82) is 0 Å². The van der Waals surface area contributed by atoms with Gasteiger partial charge in [0.2, 0.25) is 0 Å². The number of hydrogen-bond acceptors (Lipinski definition) is 3. The van der Waals surface area contributed by atoms with Gasteiger partial charge in [0.1, 0.15) is 0 Å². The first-order chi connectivity index (χ1) is 7.13. The van der Waals surface area contributed by atoms with Crippen LogP contribution in [-0.4, -0.2) is 55.3 Å². The van der Waals surface area contributed by atoms with Gasteiger partial charge in [-0.3, -0.25) is 0 Å². The Morgan fingerprint density at radius 3 is 2.47 bits per heavy atom. The van der Waals surface area contributed by atoms with Crippen LogP contribution in [0.5, 0.6) is 0 Å².